The second-order valence-electron chi connectivity index (χ2n) is 4.82. The number of ether oxygens (including phenoxy) is 3. The standard InChI is InChI=1S/C17H17BrClNO4/c1-22-15-7-11(14(19)8-16(15)23-2)9-20-17(21)10-24-13-5-3-12(18)4-6-13/h3-8H,9-10H2,1-2H3,(H,20,21). The molecule has 0 saturated carbocycles. The topological polar surface area (TPSA) is 56.8 Å². The van der Waals surface area contributed by atoms with E-state index in [2.05, 4.69) is 21.2 Å². The van der Waals surface area contributed by atoms with Crippen LogP contribution in [0.5, 0.6) is 17.2 Å². The van der Waals surface area contributed by atoms with Crippen molar-refractivity contribution >= 4 is 33.4 Å². The second kappa shape index (κ2) is 8.80. The van der Waals surface area contributed by atoms with Gasteiger partial charge < -0.3 is 19.5 Å². The minimum absolute atomic E-state index is 0.0768. The lowest BCUT2D eigenvalue weighted by atomic mass is 10.2. The Kier molecular flexibility index (Phi) is 6.75. The summed E-state index contributed by atoms with van der Waals surface area (Å²) < 4.78 is 16.8. The molecule has 128 valence electrons. The van der Waals surface area contributed by atoms with Crippen LogP contribution < -0.4 is 19.5 Å². The maximum absolute atomic E-state index is 11.9. The number of carbonyl (C=O) groups excluding carboxylic acids is 1. The second-order valence-corrected chi connectivity index (χ2v) is 6.14. The number of hydrogen-bond donors (Lipinski definition) is 1. The molecule has 2 aromatic carbocycles. The third-order valence-electron chi connectivity index (χ3n) is 3.21. The summed E-state index contributed by atoms with van der Waals surface area (Å²) in [4.78, 5) is 11.9. The number of hydrogen-bond acceptors (Lipinski definition) is 4. The monoisotopic (exact) mass is 413 g/mol. The molecule has 1 amide bonds. The van der Waals surface area contributed by atoms with E-state index in [1.54, 1.807) is 31.4 Å². The molecule has 24 heavy (non-hydrogen) atoms. The van der Waals surface area contributed by atoms with Crippen molar-refractivity contribution in [2.75, 3.05) is 20.8 Å². The van der Waals surface area contributed by atoms with Gasteiger partial charge in [0.2, 0.25) is 0 Å². The number of rotatable bonds is 7. The highest BCUT2D eigenvalue weighted by Gasteiger charge is 2.11. The first-order valence-electron chi connectivity index (χ1n) is 7.09. The Morgan fingerprint density at radius 3 is 2.38 bits per heavy atom. The minimum Gasteiger partial charge on any atom is -0.493 e. The van der Waals surface area contributed by atoms with Gasteiger partial charge >= 0.3 is 0 Å². The normalized spacial score (nSPS) is 10.2. The smallest absolute Gasteiger partial charge is 0.258 e. The zero-order valence-corrected chi connectivity index (χ0v) is 15.6. The molecule has 2 rings (SSSR count). The number of methoxy groups -OCH3 is 2. The van der Waals surface area contributed by atoms with Gasteiger partial charge in [0, 0.05) is 22.1 Å². The highest BCUT2D eigenvalue weighted by Crippen LogP contribution is 2.32. The first-order valence-corrected chi connectivity index (χ1v) is 8.26. The predicted molar refractivity (Wildman–Crippen MR) is 96.0 cm³/mol. The Morgan fingerprint density at radius 2 is 1.75 bits per heavy atom. The number of amides is 1. The van der Waals surface area contributed by atoms with Crippen molar-refractivity contribution in [1.82, 2.24) is 5.32 Å². The molecule has 0 radical (unpaired) electrons. The van der Waals surface area contributed by atoms with Crippen LogP contribution in [0.4, 0.5) is 0 Å². The molecule has 0 aliphatic rings. The van der Waals surface area contributed by atoms with E-state index in [0.717, 1.165) is 10.0 Å². The van der Waals surface area contributed by atoms with Crippen molar-refractivity contribution in [3.8, 4) is 17.2 Å². The van der Waals surface area contributed by atoms with Crippen LogP contribution in [-0.2, 0) is 11.3 Å². The van der Waals surface area contributed by atoms with E-state index in [1.807, 2.05) is 12.1 Å². The fraction of sp³-hybridized carbons (Fsp3) is 0.235. The van der Waals surface area contributed by atoms with Crippen molar-refractivity contribution in [1.29, 1.82) is 0 Å². The van der Waals surface area contributed by atoms with E-state index in [-0.39, 0.29) is 19.1 Å². The summed E-state index contributed by atoms with van der Waals surface area (Å²) in [6.45, 7) is 0.189. The average Bonchev–Trinajstić information content (AvgIpc) is 2.59. The average molecular weight is 415 g/mol. The molecule has 7 heteroatoms. The maximum atomic E-state index is 11.9. The van der Waals surface area contributed by atoms with Gasteiger partial charge in [-0.2, -0.15) is 0 Å². The Balaban J connectivity index is 1.90. The molecule has 0 aromatic heterocycles. The fourth-order valence-corrected chi connectivity index (χ4v) is 2.44. The quantitative estimate of drug-likeness (QED) is 0.748. The van der Waals surface area contributed by atoms with Crippen molar-refractivity contribution in [3.05, 3.63) is 51.5 Å². The fourth-order valence-electron chi connectivity index (χ4n) is 1.96. The van der Waals surface area contributed by atoms with E-state index >= 15 is 0 Å². The van der Waals surface area contributed by atoms with Crippen LogP contribution in [0, 0.1) is 0 Å². The van der Waals surface area contributed by atoms with Crippen LogP contribution in [0.3, 0.4) is 0 Å². The van der Waals surface area contributed by atoms with Crippen LogP contribution in [0.15, 0.2) is 40.9 Å². The summed E-state index contributed by atoms with van der Waals surface area (Å²) in [6, 6.07) is 10.6. The van der Waals surface area contributed by atoms with Crippen molar-refractivity contribution in [2.24, 2.45) is 0 Å². The van der Waals surface area contributed by atoms with Crippen LogP contribution in [0.1, 0.15) is 5.56 Å². The molecule has 5 nitrogen and oxygen atoms in total. The summed E-state index contributed by atoms with van der Waals surface area (Å²) in [7, 11) is 3.08. The van der Waals surface area contributed by atoms with Crippen molar-refractivity contribution < 1.29 is 19.0 Å². The molecule has 0 aliphatic heterocycles. The minimum atomic E-state index is -0.247. The highest BCUT2D eigenvalue weighted by atomic mass is 79.9. The Hall–Kier alpha value is -1.92. The first-order chi connectivity index (χ1) is 11.5. The van der Waals surface area contributed by atoms with Gasteiger partial charge in [-0.1, -0.05) is 27.5 Å². The van der Waals surface area contributed by atoms with E-state index in [0.29, 0.717) is 22.3 Å². The third kappa shape index (κ3) is 5.04. The van der Waals surface area contributed by atoms with Crippen molar-refractivity contribution in [3.63, 3.8) is 0 Å². The molecule has 0 fully saturated rings. The molecular weight excluding hydrogens is 398 g/mol. The maximum Gasteiger partial charge on any atom is 0.258 e. The molecule has 0 bridgehead atoms. The number of carbonyl (C=O) groups is 1. The summed E-state index contributed by atoms with van der Waals surface area (Å²) >= 11 is 9.52. The molecule has 1 N–H and O–H groups in total. The molecule has 0 aliphatic carbocycles. The van der Waals surface area contributed by atoms with Gasteiger partial charge in [0.25, 0.3) is 5.91 Å². The molecule has 0 heterocycles. The van der Waals surface area contributed by atoms with Crippen LogP contribution >= 0.6 is 27.5 Å². The largest absolute Gasteiger partial charge is 0.493 e. The lowest BCUT2D eigenvalue weighted by molar-refractivity contribution is -0.123. The Labute approximate surface area is 154 Å². The summed E-state index contributed by atoms with van der Waals surface area (Å²) in [5, 5.41) is 3.24. The molecule has 0 unspecified atom stereocenters. The van der Waals surface area contributed by atoms with Gasteiger partial charge in [-0.15, -0.1) is 0 Å². The van der Waals surface area contributed by atoms with Gasteiger partial charge in [-0.25, -0.2) is 0 Å². The summed E-state index contributed by atoms with van der Waals surface area (Å²) in [5.74, 6) is 1.47. The summed E-state index contributed by atoms with van der Waals surface area (Å²) in [5.41, 5.74) is 0.728. The lowest BCUT2D eigenvalue weighted by Gasteiger charge is -2.12. The Bertz CT molecular complexity index is 706. The van der Waals surface area contributed by atoms with E-state index in [9.17, 15) is 4.79 Å². The van der Waals surface area contributed by atoms with Crippen molar-refractivity contribution in [2.45, 2.75) is 6.54 Å². The zero-order chi connectivity index (χ0) is 17.5. The van der Waals surface area contributed by atoms with Crippen LogP contribution in [0.25, 0.3) is 0 Å². The van der Waals surface area contributed by atoms with Gasteiger partial charge in [-0.05, 0) is 35.9 Å². The van der Waals surface area contributed by atoms with Gasteiger partial charge in [0.15, 0.2) is 18.1 Å². The van der Waals surface area contributed by atoms with Gasteiger partial charge in [0.05, 0.1) is 14.2 Å². The molecule has 0 spiro atoms. The molecule has 0 saturated heterocycles. The Morgan fingerprint density at radius 1 is 1.12 bits per heavy atom. The summed E-state index contributed by atoms with van der Waals surface area (Å²) in [6.07, 6.45) is 0. The molecule has 0 atom stereocenters. The lowest BCUT2D eigenvalue weighted by Crippen LogP contribution is -2.28. The first kappa shape index (κ1) is 18.4. The number of nitrogens with one attached hydrogen (secondary N) is 1. The van der Waals surface area contributed by atoms with Crippen LogP contribution in [0.2, 0.25) is 5.02 Å². The third-order valence-corrected chi connectivity index (χ3v) is 4.09. The van der Waals surface area contributed by atoms with E-state index in [1.165, 1.54) is 7.11 Å². The zero-order valence-electron chi connectivity index (χ0n) is 13.3. The molecule has 2 aromatic rings. The van der Waals surface area contributed by atoms with E-state index in [4.69, 9.17) is 25.8 Å². The van der Waals surface area contributed by atoms with E-state index < -0.39 is 0 Å². The predicted octanol–water partition coefficient (Wildman–Crippen LogP) is 3.81. The molecular formula is C17H17BrClNO4. The number of benzene rings is 2. The van der Waals surface area contributed by atoms with Gasteiger partial charge in [0.1, 0.15) is 5.75 Å². The number of halogens is 2. The van der Waals surface area contributed by atoms with Crippen LogP contribution in [-0.4, -0.2) is 26.7 Å². The van der Waals surface area contributed by atoms with Gasteiger partial charge in [-0.3, -0.25) is 4.79 Å². The SMILES string of the molecule is COc1cc(Cl)c(CNC(=O)COc2ccc(Br)cc2)cc1OC. The highest BCUT2D eigenvalue weighted by molar-refractivity contribution is 9.10.